The Hall–Kier alpha value is -2.18. The van der Waals surface area contributed by atoms with Crippen molar-refractivity contribution in [2.24, 2.45) is 0 Å². The van der Waals surface area contributed by atoms with Crippen LogP contribution in [-0.4, -0.2) is 20.8 Å². The highest BCUT2D eigenvalue weighted by molar-refractivity contribution is 7.00. The Morgan fingerprint density at radius 2 is 2.00 bits per heavy atom. The first-order valence-electron chi connectivity index (χ1n) is 6.47. The van der Waals surface area contributed by atoms with Crippen molar-refractivity contribution in [2.45, 2.75) is 12.5 Å². The van der Waals surface area contributed by atoms with Gasteiger partial charge >= 0.3 is 0 Å². The normalized spacial score (nSPS) is 12.2. The molecule has 0 aliphatic carbocycles. The zero-order valence-electron chi connectivity index (χ0n) is 11.2. The topological polar surface area (TPSA) is 75.1 Å². The van der Waals surface area contributed by atoms with Crippen LogP contribution in [0.1, 0.15) is 5.56 Å². The minimum absolute atomic E-state index is 0.187. The van der Waals surface area contributed by atoms with Gasteiger partial charge in [-0.2, -0.15) is 8.75 Å². The lowest BCUT2D eigenvalue weighted by Gasteiger charge is -2.20. The molecule has 0 amide bonds. The van der Waals surface area contributed by atoms with Crippen molar-refractivity contribution in [1.29, 1.82) is 0 Å². The van der Waals surface area contributed by atoms with Gasteiger partial charge in [-0.3, -0.25) is 0 Å². The van der Waals surface area contributed by atoms with E-state index in [9.17, 15) is 9.90 Å². The van der Waals surface area contributed by atoms with Crippen LogP contribution in [0.5, 0.6) is 5.75 Å². The maximum Gasteiger partial charge on any atom is 0.142 e. The molecule has 0 fully saturated rings. The summed E-state index contributed by atoms with van der Waals surface area (Å²) in [5, 5.41) is 11.6. The highest BCUT2D eigenvalue weighted by atomic mass is 35.5. The number of hydrogen-bond acceptors (Lipinski definition) is 6. The van der Waals surface area contributed by atoms with Gasteiger partial charge in [-0.25, -0.2) is 0 Å². The first kappa shape index (κ1) is 14.7. The molecule has 1 unspecified atom stereocenters. The Kier molecular flexibility index (Phi) is 4.22. The molecule has 0 saturated heterocycles. The molecule has 1 atom stereocenters. The average molecular weight is 334 g/mol. The first-order chi connectivity index (χ1) is 10.6. The van der Waals surface area contributed by atoms with Gasteiger partial charge in [0.1, 0.15) is 27.9 Å². The summed E-state index contributed by atoms with van der Waals surface area (Å²) in [6, 6.07) is 12.5. The van der Waals surface area contributed by atoms with Gasteiger partial charge in [0, 0.05) is 6.42 Å². The zero-order chi connectivity index (χ0) is 15.5. The molecule has 0 N–H and O–H groups in total. The molecule has 5 nitrogen and oxygen atoms in total. The van der Waals surface area contributed by atoms with E-state index in [1.165, 1.54) is 0 Å². The standard InChI is InChI=1S/C15H11ClN2O3S/c16-13-11(7-6-10-14(13)18-22-17-10)21-12(15(19)20)8-9-4-2-1-3-5-9/h1-7,12H,8H2,(H,19,20)/p-1. The summed E-state index contributed by atoms with van der Waals surface area (Å²) in [4.78, 5) is 11.3. The Morgan fingerprint density at radius 1 is 1.23 bits per heavy atom. The number of carbonyl (C=O) groups excluding carboxylic acids is 1. The Balaban J connectivity index is 1.86. The maximum atomic E-state index is 11.3. The molecule has 0 aliphatic heterocycles. The Bertz CT molecular complexity index is 807. The molecule has 22 heavy (non-hydrogen) atoms. The molecule has 0 radical (unpaired) electrons. The third kappa shape index (κ3) is 3.03. The van der Waals surface area contributed by atoms with Gasteiger partial charge in [0.2, 0.25) is 0 Å². The molecule has 112 valence electrons. The average Bonchev–Trinajstić information content (AvgIpc) is 2.99. The third-order valence-electron chi connectivity index (χ3n) is 3.13. The van der Waals surface area contributed by atoms with E-state index in [2.05, 4.69) is 8.75 Å². The second kappa shape index (κ2) is 6.29. The molecule has 0 saturated carbocycles. The van der Waals surface area contributed by atoms with Gasteiger partial charge in [-0.05, 0) is 17.7 Å². The van der Waals surface area contributed by atoms with E-state index in [4.69, 9.17) is 16.3 Å². The van der Waals surface area contributed by atoms with E-state index >= 15 is 0 Å². The third-order valence-corrected chi connectivity index (χ3v) is 4.03. The number of rotatable bonds is 5. The van der Waals surface area contributed by atoms with E-state index in [0.717, 1.165) is 17.3 Å². The lowest BCUT2D eigenvalue weighted by molar-refractivity contribution is -0.313. The van der Waals surface area contributed by atoms with Crippen molar-refractivity contribution in [1.82, 2.24) is 8.75 Å². The first-order valence-corrected chi connectivity index (χ1v) is 7.58. The largest absolute Gasteiger partial charge is 0.546 e. The van der Waals surface area contributed by atoms with E-state index in [0.29, 0.717) is 11.0 Å². The number of carbonyl (C=O) groups is 1. The molecule has 0 spiro atoms. The lowest BCUT2D eigenvalue weighted by atomic mass is 10.1. The molecule has 2 aromatic carbocycles. The minimum atomic E-state index is -1.29. The monoisotopic (exact) mass is 333 g/mol. The highest BCUT2D eigenvalue weighted by Gasteiger charge is 2.17. The van der Waals surface area contributed by atoms with Gasteiger partial charge in [-0.1, -0.05) is 41.9 Å². The summed E-state index contributed by atoms with van der Waals surface area (Å²) in [5.74, 6) is -1.04. The number of carboxylic acids is 1. The predicted octanol–water partition coefficient (Wildman–Crippen LogP) is 2.08. The van der Waals surface area contributed by atoms with Gasteiger partial charge in [0.15, 0.2) is 0 Å². The fourth-order valence-corrected chi connectivity index (χ4v) is 2.89. The number of aromatic nitrogens is 2. The molecule has 0 aliphatic rings. The van der Waals surface area contributed by atoms with Crippen LogP contribution in [-0.2, 0) is 11.2 Å². The van der Waals surface area contributed by atoms with Crippen LogP contribution in [0.2, 0.25) is 5.02 Å². The number of hydrogen-bond donors (Lipinski definition) is 0. The smallest absolute Gasteiger partial charge is 0.142 e. The van der Waals surface area contributed by atoms with Crippen molar-refractivity contribution in [3.63, 3.8) is 0 Å². The number of nitrogens with zero attached hydrogens (tertiary/aromatic N) is 2. The van der Waals surface area contributed by atoms with Gasteiger partial charge < -0.3 is 14.6 Å². The minimum Gasteiger partial charge on any atom is -0.546 e. The number of halogens is 1. The summed E-state index contributed by atoms with van der Waals surface area (Å²) in [5.41, 5.74) is 1.99. The summed E-state index contributed by atoms with van der Waals surface area (Å²) < 4.78 is 13.7. The van der Waals surface area contributed by atoms with Crippen LogP contribution in [0, 0.1) is 0 Å². The number of fused-ring (bicyclic) bond motifs is 1. The maximum absolute atomic E-state index is 11.3. The van der Waals surface area contributed by atoms with Gasteiger partial charge in [0.25, 0.3) is 0 Å². The number of carboxylic acid groups (broad SMARTS) is 1. The van der Waals surface area contributed by atoms with Crippen LogP contribution in [0.25, 0.3) is 11.0 Å². The molecule has 1 heterocycles. The van der Waals surface area contributed by atoms with Crippen molar-refractivity contribution >= 4 is 40.3 Å². The van der Waals surface area contributed by atoms with Gasteiger partial charge in [-0.15, -0.1) is 0 Å². The van der Waals surface area contributed by atoms with Crippen molar-refractivity contribution < 1.29 is 14.6 Å². The fourth-order valence-electron chi connectivity index (χ4n) is 2.05. The summed E-state index contributed by atoms with van der Waals surface area (Å²) >= 11 is 7.24. The SMILES string of the molecule is O=C([O-])C(Cc1ccccc1)Oc1ccc2nsnc2c1Cl. The molecule has 3 aromatic rings. The Labute approximate surface area is 135 Å². The number of aliphatic carboxylic acids is 1. The molecule has 0 bridgehead atoms. The molecule has 1 aromatic heterocycles. The van der Waals surface area contributed by atoms with Crippen molar-refractivity contribution in [3.05, 3.63) is 53.1 Å². The van der Waals surface area contributed by atoms with Crippen molar-refractivity contribution in [3.8, 4) is 5.75 Å². The molecular formula is C15H10ClN2O3S-. The summed E-state index contributed by atoms with van der Waals surface area (Å²) in [6.07, 6.45) is -0.948. The summed E-state index contributed by atoms with van der Waals surface area (Å²) in [6.45, 7) is 0. The lowest BCUT2D eigenvalue weighted by Crippen LogP contribution is -2.41. The molecule has 7 heteroatoms. The predicted molar refractivity (Wildman–Crippen MR) is 82.0 cm³/mol. The molecular weight excluding hydrogens is 324 g/mol. The van der Waals surface area contributed by atoms with Crippen molar-refractivity contribution in [2.75, 3.05) is 0 Å². The van der Waals surface area contributed by atoms with E-state index in [1.807, 2.05) is 30.3 Å². The highest BCUT2D eigenvalue weighted by Crippen LogP contribution is 2.32. The Morgan fingerprint density at radius 3 is 2.73 bits per heavy atom. The molecule has 3 rings (SSSR count). The van der Waals surface area contributed by atoms with Crippen LogP contribution in [0.4, 0.5) is 0 Å². The quantitative estimate of drug-likeness (QED) is 0.714. The number of ether oxygens (including phenoxy) is 1. The summed E-state index contributed by atoms with van der Waals surface area (Å²) in [7, 11) is 0. The van der Waals surface area contributed by atoms with Crippen LogP contribution < -0.4 is 9.84 Å². The van der Waals surface area contributed by atoms with Crippen LogP contribution in [0.3, 0.4) is 0 Å². The zero-order valence-corrected chi connectivity index (χ0v) is 12.8. The van der Waals surface area contributed by atoms with E-state index < -0.39 is 12.1 Å². The van der Waals surface area contributed by atoms with Crippen LogP contribution in [0.15, 0.2) is 42.5 Å². The fraction of sp³-hybridized carbons (Fsp3) is 0.133. The van der Waals surface area contributed by atoms with E-state index in [1.54, 1.807) is 12.1 Å². The second-order valence-electron chi connectivity index (χ2n) is 4.62. The van der Waals surface area contributed by atoms with Gasteiger partial charge in [0.05, 0.1) is 17.7 Å². The number of benzene rings is 2. The van der Waals surface area contributed by atoms with Crippen LogP contribution >= 0.6 is 23.3 Å². The van der Waals surface area contributed by atoms with E-state index in [-0.39, 0.29) is 17.2 Å². The second-order valence-corrected chi connectivity index (χ2v) is 5.53.